The maximum atomic E-state index is 12.6. The maximum Gasteiger partial charge on any atom is 0.202 e. The van der Waals surface area contributed by atoms with Gasteiger partial charge in [-0.2, -0.15) is 0 Å². The fraction of sp³-hybridized carbons (Fsp3) is 0.471. The summed E-state index contributed by atoms with van der Waals surface area (Å²) >= 11 is 0. The van der Waals surface area contributed by atoms with E-state index in [1.807, 2.05) is 36.9 Å². The lowest BCUT2D eigenvalue weighted by molar-refractivity contribution is 0.0796. The number of nitrogens with zero attached hydrogens (tertiary/aromatic N) is 4. The summed E-state index contributed by atoms with van der Waals surface area (Å²) in [5, 5.41) is 0. The van der Waals surface area contributed by atoms with E-state index in [9.17, 15) is 4.79 Å². The smallest absolute Gasteiger partial charge is 0.202 e. The Kier molecular flexibility index (Phi) is 4.34. The number of carbonyl (C=O) groups excluding carboxylic acids is 1. The molecule has 0 saturated carbocycles. The number of aryl methyl sites for hydroxylation is 2. The first-order chi connectivity index (χ1) is 10.6. The van der Waals surface area contributed by atoms with E-state index in [1.54, 1.807) is 6.20 Å². The van der Waals surface area contributed by atoms with Crippen molar-refractivity contribution in [1.82, 2.24) is 19.4 Å². The number of Topliss-reactive ketones (excluding diaryl/α,β-unsaturated/α-hetero) is 1. The van der Waals surface area contributed by atoms with E-state index in [0.717, 1.165) is 43.9 Å². The molecule has 0 aromatic carbocycles. The number of pyridine rings is 1. The second-order valence-corrected chi connectivity index (χ2v) is 6.07. The first kappa shape index (κ1) is 14.9. The average Bonchev–Trinajstić information content (AvgIpc) is 2.93. The molecule has 0 amide bonds. The van der Waals surface area contributed by atoms with Crippen molar-refractivity contribution in [3.63, 3.8) is 0 Å². The zero-order valence-corrected chi connectivity index (χ0v) is 13.2. The molecule has 5 heteroatoms. The van der Waals surface area contributed by atoms with Gasteiger partial charge in [-0.15, -0.1) is 0 Å². The number of aromatic nitrogens is 3. The molecular weight excluding hydrogens is 276 g/mol. The van der Waals surface area contributed by atoms with E-state index < -0.39 is 0 Å². The SMILES string of the molecule is Cc1cccc(CN2CCC[C@H](C(=O)c3nccn3C)C2)n1. The number of hydrogen-bond acceptors (Lipinski definition) is 4. The summed E-state index contributed by atoms with van der Waals surface area (Å²) in [7, 11) is 1.87. The first-order valence-electron chi connectivity index (χ1n) is 7.80. The molecule has 22 heavy (non-hydrogen) atoms. The van der Waals surface area contributed by atoms with E-state index in [4.69, 9.17) is 0 Å². The molecule has 116 valence electrons. The summed E-state index contributed by atoms with van der Waals surface area (Å²) < 4.78 is 1.81. The molecule has 3 heterocycles. The van der Waals surface area contributed by atoms with Crippen molar-refractivity contribution in [1.29, 1.82) is 0 Å². The molecule has 3 rings (SSSR count). The van der Waals surface area contributed by atoms with E-state index in [-0.39, 0.29) is 11.7 Å². The van der Waals surface area contributed by atoms with Crippen LogP contribution in [0.1, 0.15) is 34.8 Å². The summed E-state index contributed by atoms with van der Waals surface area (Å²) in [4.78, 5) is 23.7. The molecular formula is C17H22N4O. The Bertz CT molecular complexity index is 664. The van der Waals surface area contributed by atoms with Gasteiger partial charge in [0.1, 0.15) is 0 Å². The van der Waals surface area contributed by atoms with E-state index in [2.05, 4.69) is 20.9 Å². The van der Waals surface area contributed by atoms with Crippen molar-refractivity contribution >= 4 is 5.78 Å². The minimum absolute atomic E-state index is 0.0414. The Morgan fingerprint density at radius 2 is 2.27 bits per heavy atom. The summed E-state index contributed by atoms with van der Waals surface area (Å²) in [6.45, 7) is 4.64. The monoisotopic (exact) mass is 298 g/mol. The van der Waals surface area contributed by atoms with E-state index in [0.29, 0.717) is 5.82 Å². The van der Waals surface area contributed by atoms with Crippen molar-refractivity contribution in [3.8, 4) is 0 Å². The molecule has 1 aliphatic rings. The molecule has 0 radical (unpaired) electrons. The number of rotatable bonds is 4. The van der Waals surface area contributed by atoms with Crippen LogP contribution >= 0.6 is 0 Å². The van der Waals surface area contributed by atoms with E-state index >= 15 is 0 Å². The minimum atomic E-state index is 0.0414. The third kappa shape index (κ3) is 3.25. The number of likely N-dealkylation sites (tertiary alicyclic amines) is 1. The van der Waals surface area contributed by atoms with Crippen LogP contribution in [0.25, 0.3) is 0 Å². The van der Waals surface area contributed by atoms with Gasteiger partial charge >= 0.3 is 0 Å². The van der Waals surface area contributed by atoms with Crippen LogP contribution < -0.4 is 0 Å². The highest BCUT2D eigenvalue weighted by Crippen LogP contribution is 2.21. The van der Waals surface area contributed by atoms with Crippen molar-refractivity contribution in [2.24, 2.45) is 13.0 Å². The number of ketones is 1. The zero-order chi connectivity index (χ0) is 15.5. The number of hydrogen-bond donors (Lipinski definition) is 0. The Morgan fingerprint density at radius 3 is 3.00 bits per heavy atom. The molecule has 0 unspecified atom stereocenters. The standard InChI is InChI=1S/C17H22N4O/c1-13-5-3-7-15(19-13)12-21-9-4-6-14(11-21)16(22)17-18-8-10-20(17)2/h3,5,7-8,10,14H,4,6,9,11-12H2,1-2H3/t14-/m0/s1. The van der Waals surface area contributed by atoms with Gasteiger partial charge in [0.15, 0.2) is 5.82 Å². The summed E-state index contributed by atoms with van der Waals surface area (Å²) in [6, 6.07) is 6.10. The maximum absolute atomic E-state index is 12.6. The molecule has 5 nitrogen and oxygen atoms in total. The van der Waals surface area contributed by atoms with Crippen LogP contribution in [0.15, 0.2) is 30.6 Å². The van der Waals surface area contributed by atoms with Gasteiger partial charge in [0.05, 0.1) is 5.69 Å². The van der Waals surface area contributed by atoms with Crippen LogP contribution in [0.3, 0.4) is 0 Å². The number of imidazole rings is 1. The lowest BCUT2D eigenvalue weighted by Crippen LogP contribution is -2.39. The minimum Gasteiger partial charge on any atom is -0.332 e. The summed E-state index contributed by atoms with van der Waals surface area (Å²) in [5.74, 6) is 0.773. The lowest BCUT2D eigenvalue weighted by atomic mass is 9.93. The Balaban J connectivity index is 1.67. The average molecular weight is 298 g/mol. The molecule has 1 fully saturated rings. The van der Waals surface area contributed by atoms with Crippen molar-refractivity contribution < 1.29 is 4.79 Å². The molecule has 0 aliphatic carbocycles. The van der Waals surface area contributed by atoms with E-state index in [1.165, 1.54) is 0 Å². The lowest BCUT2D eigenvalue weighted by Gasteiger charge is -2.31. The Hall–Kier alpha value is -2.01. The third-order valence-corrected chi connectivity index (χ3v) is 4.25. The second kappa shape index (κ2) is 6.40. The van der Waals surface area contributed by atoms with Crippen LogP contribution in [-0.4, -0.2) is 38.3 Å². The van der Waals surface area contributed by atoms with Gasteiger partial charge in [-0.25, -0.2) is 4.98 Å². The molecule has 0 N–H and O–H groups in total. The van der Waals surface area contributed by atoms with Crippen molar-refractivity contribution in [2.75, 3.05) is 13.1 Å². The highest BCUT2D eigenvalue weighted by Gasteiger charge is 2.28. The first-order valence-corrected chi connectivity index (χ1v) is 7.80. The van der Waals surface area contributed by atoms with Gasteiger partial charge in [0.2, 0.25) is 5.78 Å². The Labute approximate surface area is 131 Å². The number of piperidine rings is 1. The van der Waals surface area contributed by atoms with Gasteiger partial charge in [0, 0.05) is 44.1 Å². The molecule has 1 saturated heterocycles. The highest BCUT2D eigenvalue weighted by atomic mass is 16.1. The van der Waals surface area contributed by atoms with Gasteiger partial charge in [-0.05, 0) is 38.4 Å². The fourth-order valence-electron chi connectivity index (χ4n) is 3.12. The second-order valence-electron chi connectivity index (χ2n) is 6.07. The molecule has 0 spiro atoms. The topological polar surface area (TPSA) is 51.0 Å². The molecule has 1 aliphatic heterocycles. The Morgan fingerprint density at radius 1 is 1.41 bits per heavy atom. The van der Waals surface area contributed by atoms with Crippen LogP contribution in [-0.2, 0) is 13.6 Å². The normalized spacial score (nSPS) is 19.3. The van der Waals surface area contributed by atoms with Gasteiger partial charge < -0.3 is 4.57 Å². The van der Waals surface area contributed by atoms with Crippen LogP contribution in [0.4, 0.5) is 0 Å². The van der Waals surface area contributed by atoms with Crippen molar-refractivity contribution in [2.45, 2.75) is 26.3 Å². The predicted molar refractivity (Wildman–Crippen MR) is 84.5 cm³/mol. The number of carbonyl (C=O) groups is 1. The molecule has 0 bridgehead atoms. The molecule has 2 aromatic rings. The summed E-state index contributed by atoms with van der Waals surface area (Å²) in [5.41, 5.74) is 2.11. The third-order valence-electron chi connectivity index (χ3n) is 4.25. The van der Waals surface area contributed by atoms with Crippen LogP contribution in [0.2, 0.25) is 0 Å². The molecule has 1 atom stereocenters. The predicted octanol–water partition coefficient (Wildman–Crippen LogP) is 2.22. The molecule has 2 aromatic heterocycles. The van der Waals surface area contributed by atoms with Crippen molar-refractivity contribution in [3.05, 3.63) is 47.8 Å². The fourth-order valence-corrected chi connectivity index (χ4v) is 3.12. The highest BCUT2D eigenvalue weighted by molar-refractivity contribution is 5.94. The van der Waals surface area contributed by atoms with Gasteiger partial charge in [-0.1, -0.05) is 6.07 Å². The quantitative estimate of drug-likeness (QED) is 0.812. The van der Waals surface area contributed by atoms with Gasteiger partial charge in [0.25, 0.3) is 0 Å². The van der Waals surface area contributed by atoms with Gasteiger partial charge in [-0.3, -0.25) is 14.7 Å². The van der Waals surface area contributed by atoms with Crippen LogP contribution in [0.5, 0.6) is 0 Å². The zero-order valence-electron chi connectivity index (χ0n) is 13.2. The summed E-state index contributed by atoms with van der Waals surface area (Å²) in [6.07, 6.45) is 5.51. The largest absolute Gasteiger partial charge is 0.332 e. The van der Waals surface area contributed by atoms with Crippen LogP contribution in [0, 0.1) is 12.8 Å².